The number of carbonyl (C=O) groups is 1. The molecule has 0 spiro atoms. The number of hydrogen-bond acceptors (Lipinski definition) is 7. The van der Waals surface area contributed by atoms with Crippen LogP contribution in [0.15, 0.2) is 30.3 Å². The van der Waals surface area contributed by atoms with E-state index in [1.807, 2.05) is 0 Å². The Hall–Kier alpha value is -2.66. The van der Waals surface area contributed by atoms with Crippen LogP contribution >= 0.6 is 11.3 Å². The zero-order valence-corrected chi connectivity index (χ0v) is 14.2. The fourth-order valence-corrected chi connectivity index (χ4v) is 3.08. The van der Waals surface area contributed by atoms with Crippen LogP contribution in [0.25, 0.3) is 0 Å². The number of nitrogens with one attached hydrogen (secondary N) is 2. The molecule has 0 bridgehead atoms. The number of amides is 1. The predicted octanol–water partition coefficient (Wildman–Crippen LogP) is 2.29. The Labute approximate surface area is 141 Å². The van der Waals surface area contributed by atoms with Crippen LogP contribution in [-0.2, 0) is 10.0 Å². The van der Waals surface area contributed by atoms with Crippen molar-refractivity contribution in [1.82, 2.24) is 0 Å². The molecule has 0 aliphatic heterocycles. The van der Waals surface area contributed by atoms with Crippen LogP contribution in [0.2, 0.25) is 0 Å². The summed E-state index contributed by atoms with van der Waals surface area (Å²) in [5, 5.41) is 13.1. The zero-order valence-electron chi connectivity index (χ0n) is 12.6. The summed E-state index contributed by atoms with van der Waals surface area (Å²) >= 11 is 0.755. The highest BCUT2D eigenvalue weighted by Gasteiger charge is 2.16. The Balaban J connectivity index is 2.20. The van der Waals surface area contributed by atoms with Crippen LogP contribution in [0.1, 0.15) is 9.67 Å². The highest BCUT2D eigenvalue weighted by atomic mass is 32.2. The first-order valence-corrected chi connectivity index (χ1v) is 9.12. The van der Waals surface area contributed by atoms with Gasteiger partial charge in [0.1, 0.15) is 5.75 Å². The van der Waals surface area contributed by atoms with E-state index in [2.05, 4.69) is 10.0 Å². The van der Waals surface area contributed by atoms with Crippen LogP contribution in [0, 0.1) is 10.1 Å². The topological polar surface area (TPSA) is 128 Å². The van der Waals surface area contributed by atoms with Crippen LogP contribution in [0.4, 0.5) is 16.4 Å². The van der Waals surface area contributed by atoms with Crippen molar-refractivity contribution >= 4 is 43.6 Å². The summed E-state index contributed by atoms with van der Waals surface area (Å²) in [6.45, 7) is 0. The average Bonchev–Trinajstić information content (AvgIpc) is 2.97. The third kappa shape index (κ3) is 4.43. The molecule has 9 nitrogen and oxygen atoms in total. The summed E-state index contributed by atoms with van der Waals surface area (Å²) in [7, 11) is -2.12. The first-order chi connectivity index (χ1) is 11.2. The Kier molecular flexibility index (Phi) is 5.04. The van der Waals surface area contributed by atoms with Gasteiger partial charge in [0, 0.05) is 17.8 Å². The molecular weight excluding hydrogens is 358 g/mol. The van der Waals surface area contributed by atoms with Crippen molar-refractivity contribution in [3.8, 4) is 5.75 Å². The minimum Gasteiger partial charge on any atom is -0.494 e. The van der Waals surface area contributed by atoms with Crippen molar-refractivity contribution in [2.45, 2.75) is 0 Å². The van der Waals surface area contributed by atoms with Gasteiger partial charge in [-0.15, -0.1) is 0 Å². The third-order valence-electron chi connectivity index (χ3n) is 2.75. The van der Waals surface area contributed by atoms with Crippen LogP contribution < -0.4 is 14.8 Å². The Morgan fingerprint density at radius 2 is 2.00 bits per heavy atom. The number of ether oxygens (including phenoxy) is 1. The smallest absolute Gasteiger partial charge is 0.324 e. The van der Waals surface area contributed by atoms with Gasteiger partial charge in [-0.2, -0.15) is 0 Å². The monoisotopic (exact) mass is 371 g/mol. The second-order valence-corrected chi connectivity index (χ2v) is 7.45. The number of methoxy groups -OCH3 is 1. The molecule has 2 rings (SSSR count). The molecular formula is C13H13N3O6S2. The molecule has 1 amide bonds. The van der Waals surface area contributed by atoms with Gasteiger partial charge in [0.05, 0.1) is 28.9 Å². The molecule has 0 atom stereocenters. The quantitative estimate of drug-likeness (QED) is 0.592. The summed E-state index contributed by atoms with van der Waals surface area (Å²) in [5.74, 6) is -0.297. The molecule has 0 saturated carbocycles. The number of nitro groups is 1. The standard InChI is InChI=1S/C13H13N3O6S2/c1-22-10-7-8(3-4-9(10)15-24(2,20)21)14-13(17)11-5-6-12(23-11)16(18)19/h3-7,15H,1-2H3,(H,14,17). The molecule has 11 heteroatoms. The normalized spacial score (nSPS) is 10.9. The number of benzene rings is 1. The van der Waals surface area contributed by atoms with E-state index < -0.39 is 20.9 Å². The van der Waals surface area contributed by atoms with Gasteiger partial charge in [0.25, 0.3) is 5.91 Å². The molecule has 1 aromatic heterocycles. The number of sulfonamides is 1. The molecule has 2 N–H and O–H groups in total. The van der Waals surface area contributed by atoms with Gasteiger partial charge in [0.15, 0.2) is 0 Å². The number of hydrogen-bond donors (Lipinski definition) is 2. The molecule has 0 aliphatic rings. The third-order valence-corrected chi connectivity index (χ3v) is 4.38. The Bertz CT molecular complexity index is 891. The Morgan fingerprint density at radius 3 is 2.54 bits per heavy atom. The van der Waals surface area contributed by atoms with E-state index in [0.29, 0.717) is 5.69 Å². The van der Waals surface area contributed by atoms with Gasteiger partial charge in [-0.1, -0.05) is 11.3 Å². The van der Waals surface area contributed by atoms with E-state index in [0.717, 1.165) is 17.6 Å². The summed E-state index contributed by atoms with van der Waals surface area (Å²) in [4.78, 5) is 22.3. The number of rotatable bonds is 6. The van der Waals surface area contributed by atoms with Crippen molar-refractivity contribution in [1.29, 1.82) is 0 Å². The lowest BCUT2D eigenvalue weighted by Gasteiger charge is -2.12. The largest absolute Gasteiger partial charge is 0.494 e. The molecule has 0 radical (unpaired) electrons. The molecule has 128 valence electrons. The van der Waals surface area contributed by atoms with Gasteiger partial charge in [-0.25, -0.2) is 8.42 Å². The number of nitrogens with zero attached hydrogens (tertiary/aromatic N) is 1. The highest BCUT2D eigenvalue weighted by Crippen LogP contribution is 2.30. The van der Waals surface area contributed by atoms with E-state index >= 15 is 0 Å². The fourth-order valence-electron chi connectivity index (χ4n) is 1.79. The molecule has 1 heterocycles. The van der Waals surface area contributed by atoms with Gasteiger partial charge in [-0.3, -0.25) is 19.6 Å². The van der Waals surface area contributed by atoms with E-state index in [9.17, 15) is 23.3 Å². The van der Waals surface area contributed by atoms with Crippen LogP contribution in [0.3, 0.4) is 0 Å². The molecule has 0 aliphatic carbocycles. The summed E-state index contributed by atoms with van der Waals surface area (Å²) in [5.41, 5.74) is 0.580. The molecule has 1 aromatic carbocycles. The molecule has 0 unspecified atom stereocenters. The van der Waals surface area contributed by atoms with Gasteiger partial charge in [0.2, 0.25) is 10.0 Å². The van der Waals surface area contributed by atoms with Crippen molar-refractivity contribution in [3.05, 3.63) is 45.3 Å². The van der Waals surface area contributed by atoms with E-state index in [4.69, 9.17) is 4.74 Å². The summed E-state index contributed by atoms with van der Waals surface area (Å²) in [6.07, 6.45) is 1.01. The van der Waals surface area contributed by atoms with Crippen molar-refractivity contribution in [2.75, 3.05) is 23.4 Å². The van der Waals surface area contributed by atoms with Crippen LogP contribution in [-0.4, -0.2) is 32.6 Å². The average molecular weight is 371 g/mol. The molecule has 0 fully saturated rings. The van der Waals surface area contributed by atoms with Gasteiger partial charge < -0.3 is 10.1 Å². The first-order valence-electron chi connectivity index (χ1n) is 6.41. The number of anilines is 2. The lowest BCUT2D eigenvalue weighted by Crippen LogP contribution is -2.12. The fraction of sp³-hybridized carbons (Fsp3) is 0.154. The second-order valence-electron chi connectivity index (χ2n) is 4.64. The molecule has 24 heavy (non-hydrogen) atoms. The van der Waals surface area contributed by atoms with Crippen molar-refractivity contribution in [2.24, 2.45) is 0 Å². The summed E-state index contributed by atoms with van der Waals surface area (Å²) in [6, 6.07) is 6.96. The van der Waals surface area contributed by atoms with Gasteiger partial charge in [-0.05, 0) is 18.2 Å². The maximum Gasteiger partial charge on any atom is 0.324 e. The molecule has 0 saturated heterocycles. The minimum absolute atomic E-state index is 0.134. The molecule has 2 aromatic rings. The predicted molar refractivity (Wildman–Crippen MR) is 90.4 cm³/mol. The maximum absolute atomic E-state index is 12.1. The second kappa shape index (κ2) is 6.84. The van der Waals surface area contributed by atoms with Crippen LogP contribution in [0.5, 0.6) is 5.75 Å². The van der Waals surface area contributed by atoms with Crippen molar-refractivity contribution < 1.29 is 22.9 Å². The van der Waals surface area contributed by atoms with Crippen molar-refractivity contribution in [3.63, 3.8) is 0 Å². The minimum atomic E-state index is -3.47. The lowest BCUT2D eigenvalue weighted by atomic mass is 10.2. The zero-order chi connectivity index (χ0) is 17.9. The lowest BCUT2D eigenvalue weighted by molar-refractivity contribution is -0.380. The van der Waals surface area contributed by atoms with E-state index in [1.54, 1.807) is 0 Å². The number of carbonyl (C=O) groups excluding carboxylic acids is 1. The Morgan fingerprint density at radius 1 is 1.29 bits per heavy atom. The first kappa shape index (κ1) is 17.7. The SMILES string of the molecule is COc1cc(NC(=O)c2ccc([N+](=O)[O-])s2)ccc1NS(C)(=O)=O. The maximum atomic E-state index is 12.1. The van der Waals surface area contributed by atoms with E-state index in [1.165, 1.54) is 37.4 Å². The number of thiophene rings is 1. The summed E-state index contributed by atoms with van der Waals surface area (Å²) < 4.78 is 29.9. The highest BCUT2D eigenvalue weighted by molar-refractivity contribution is 7.92. The van der Waals surface area contributed by atoms with Gasteiger partial charge >= 0.3 is 5.00 Å². The van der Waals surface area contributed by atoms with E-state index in [-0.39, 0.29) is 21.3 Å².